The number of carbonyl (C=O) groups excluding carboxylic acids is 1. The molecule has 12 heteroatoms. The maximum absolute atomic E-state index is 14.1. The van der Waals surface area contributed by atoms with E-state index in [1.54, 1.807) is 13.8 Å². The molecule has 170 valence electrons. The predicted molar refractivity (Wildman–Crippen MR) is 109 cm³/mol. The summed E-state index contributed by atoms with van der Waals surface area (Å²) in [6.07, 6.45) is 3.19. The van der Waals surface area contributed by atoms with E-state index in [1.165, 1.54) is 19.3 Å². The van der Waals surface area contributed by atoms with E-state index in [1.807, 2.05) is 0 Å². The average Bonchev–Trinajstić information content (AvgIpc) is 3.13. The minimum atomic E-state index is -1.33. The number of halogens is 2. The quantitative estimate of drug-likeness (QED) is 0.285. The van der Waals surface area contributed by atoms with Crippen molar-refractivity contribution in [3.05, 3.63) is 76.1 Å². The van der Waals surface area contributed by atoms with Gasteiger partial charge in [-0.15, -0.1) is 4.68 Å². The van der Waals surface area contributed by atoms with Crippen molar-refractivity contribution in [1.82, 2.24) is 24.7 Å². The second kappa shape index (κ2) is 10.3. The van der Waals surface area contributed by atoms with E-state index in [2.05, 4.69) is 17.0 Å². The van der Waals surface area contributed by atoms with E-state index in [0.717, 1.165) is 23.1 Å². The molecule has 2 rings (SSSR count). The van der Waals surface area contributed by atoms with Gasteiger partial charge in [-0.25, -0.2) is 23.2 Å². The number of nitrogens with zero attached hydrogens (tertiary/aromatic N) is 5. The van der Waals surface area contributed by atoms with Gasteiger partial charge >= 0.3 is 17.7 Å². The lowest BCUT2D eigenvalue weighted by Gasteiger charge is -2.22. The Kier molecular flexibility index (Phi) is 7.77. The Hall–Kier alpha value is -4.09. The van der Waals surface area contributed by atoms with Gasteiger partial charge in [-0.1, -0.05) is 25.6 Å². The molecule has 0 bridgehead atoms. The zero-order valence-corrected chi connectivity index (χ0v) is 17.6. The largest absolute Gasteiger partial charge is 0.496 e. The fourth-order valence-corrected chi connectivity index (χ4v) is 2.70. The van der Waals surface area contributed by atoms with Crippen LogP contribution in [-0.2, 0) is 9.53 Å². The van der Waals surface area contributed by atoms with Gasteiger partial charge in [0.15, 0.2) is 11.6 Å². The van der Waals surface area contributed by atoms with Crippen molar-refractivity contribution in [3.63, 3.8) is 0 Å². The number of aromatic nitrogens is 4. The van der Waals surface area contributed by atoms with Gasteiger partial charge in [-0.2, -0.15) is 4.68 Å². The standard InChI is InChI=1S/C20H21F2N5O5/c1-5-10-25(13(6-2)11-16(32-4)12(3)18(28)29)19(30)27-20(31)26(23-24-27)17-14(21)8-7-9-15(17)22/h6-9,11H,3,5,10H2,1-2,4H3,(H,28,29)/b13-6+,16-11+. The van der Waals surface area contributed by atoms with Crippen LogP contribution in [0.25, 0.3) is 5.69 Å². The van der Waals surface area contributed by atoms with Crippen molar-refractivity contribution in [2.45, 2.75) is 20.3 Å². The number of hydrogen-bond acceptors (Lipinski definition) is 6. The molecule has 0 radical (unpaired) electrons. The Morgan fingerprint density at radius 2 is 1.91 bits per heavy atom. The van der Waals surface area contributed by atoms with Crippen LogP contribution in [0.2, 0.25) is 0 Å². The highest BCUT2D eigenvalue weighted by Gasteiger charge is 2.26. The number of methoxy groups -OCH3 is 1. The second-order valence-corrected chi connectivity index (χ2v) is 6.30. The first kappa shape index (κ1) is 24.2. The summed E-state index contributed by atoms with van der Waals surface area (Å²) in [6, 6.07) is 2.00. The number of allylic oxidation sites excluding steroid dienone is 2. The number of benzene rings is 1. The molecule has 10 nitrogen and oxygen atoms in total. The average molecular weight is 449 g/mol. The molecular formula is C20H21F2N5O5. The molecule has 0 unspecified atom stereocenters. The molecular weight excluding hydrogens is 428 g/mol. The molecule has 1 heterocycles. The maximum atomic E-state index is 14.1. The number of rotatable bonds is 8. The molecule has 2 aromatic rings. The molecule has 0 saturated carbocycles. The zero-order valence-electron chi connectivity index (χ0n) is 17.6. The highest BCUT2D eigenvalue weighted by atomic mass is 19.1. The lowest BCUT2D eigenvalue weighted by molar-refractivity contribution is -0.132. The van der Waals surface area contributed by atoms with Crippen LogP contribution < -0.4 is 5.69 Å². The summed E-state index contributed by atoms with van der Waals surface area (Å²) in [5.74, 6) is -3.58. The van der Waals surface area contributed by atoms with E-state index < -0.39 is 35.0 Å². The number of tetrazole rings is 1. The normalized spacial score (nSPS) is 11.9. The number of carboxylic acid groups (broad SMARTS) is 1. The van der Waals surface area contributed by atoms with Crippen molar-refractivity contribution in [3.8, 4) is 5.69 Å². The summed E-state index contributed by atoms with van der Waals surface area (Å²) < 4.78 is 33.8. The van der Waals surface area contributed by atoms with Crippen LogP contribution >= 0.6 is 0 Å². The van der Waals surface area contributed by atoms with Gasteiger partial charge in [0, 0.05) is 18.3 Å². The molecule has 0 fully saturated rings. The SMILES string of the molecule is C=C(C(=O)O)/C(=C\C(=C/C)N(CCC)C(=O)n1nnn(-c2c(F)cccc2F)c1=O)OC. The third-order valence-corrected chi connectivity index (χ3v) is 4.25. The fraction of sp³-hybridized carbons (Fsp3) is 0.250. The Bertz CT molecular complexity index is 1150. The van der Waals surface area contributed by atoms with Crippen LogP contribution in [0.1, 0.15) is 20.3 Å². The van der Waals surface area contributed by atoms with Crippen LogP contribution in [0.4, 0.5) is 13.6 Å². The fourth-order valence-electron chi connectivity index (χ4n) is 2.70. The Labute approximate surface area is 181 Å². The molecule has 1 amide bonds. The molecule has 1 N–H and O–H groups in total. The first-order chi connectivity index (χ1) is 15.2. The topological polar surface area (TPSA) is 120 Å². The Morgan fingerprint density at radius 1 is 1.28 bits per heavy atom. The Balaban J connectivity index is 2.53. The number of ether oxygens (including phenoxy) is 1. The number of aliphatic carboxylic acids is 1. The number of amides is 1. The third kappa shape index (κ3) is 4.79. The number of para-hydroxylation sites is 1. The first-order valence-corrected chi connectivity index (χ1v) is 9.33. The van der Waals surface area contributed by atoms with Crippen molar-refractivity contribution in [1.29, 1.82) is 0 Å². The summed E-state index contributed by atoms with van der Waals surface area (Å²) in [5, 5.41) is 16.0. The van der Waals surface area contributed by atoms with Gasteiger partial charge in [0.1, 0.15) is 11.4 Å². The summed E-state index contributed by atoms with van der Waals surface area (Å²) in [4.78, 5) is 38.1. The van der Waals surface area contributed by atoms with Gasteiger partial charge in [-0.05, 0) is 35.9 Å². The molecule has 0 aliphatic carbocycles. The summed E-state index contributed by atoms with van der Waals surface area (Å²) in [7, 11) is 1.23. The highest BCUT2D eigenvalue weighted by molar-refractivity contribution is 5.90. The number of hydrogen-bond donors (Lipinski definition) is 1. The van der Waals surface area contributed by atoms with Gasteiger partial charge in [-0.3, -0.25) is 4.90 Å². The molecule has 0 spiro atoms. The van der Waals surface area contributed by atoms with Gasteiger partial charge in [0.25, 0.3) is 0 Å². The third-order valence-electron chi connectivity index (χ3n) is 4.25. The molecule has 0 saturated heterocycles. The summed E-state index contributed by atoms with van der Waals surface area (Å²) in [5.41, 5.74) is -2.14. The lowest BCUT2D eigenvalue weighted by Crippen LogP contribution is -2.40. The summed E-state index contributed by atoms with van der Waals surface area (Å²) in [6.45, 7) is 6.85. The molecule has 32 heavy (non-hydrogen) atoms. The van der Waals surface area contributed by atoms with E-state index in [4.69, 9.17) is 9.84 Å². The van der Waals surface area contributed by atoms with Crippen molar-refractivity contribution in [2.24, 2.45) is 0 Å². The van der Waals surface area contributed by atoms with Crippen LogP contribution in [0.15, 0.2) is 58.8 Å². The summed E-state index contributed by atoms with van der Waals surface area (Å²) >= 11 is 0. The van der Waals surface area contributed by atoms with E-state index in [-0.39, 0.29) is 23.6 Å². The lowest BCUT2D eigenvalue weighted by atomic mass is 10.2. The van der Waals surface area contributed by atoms with Crippen molar-refractivity contribution in [2.75, 3.05) is 13.7 Å². The monoisotopic (exact) mass is 449 g/mol. The van der Waals surface area contributed by atoms with E-state index in [0.29, 0.717) is 15.8 Å². The van der Waals surface area contributed by atoms with Gasteiger partial charge < -0.3 is 9.84 Å². The van der Waals surface area contributed by atoms with Gasteiger partial charge in [0.2, 0.25) is 0 Å². The van der Waals surface area contributed by atoms with Crippen LogP contribution in [0.3, 0.4) is 0 Å². The van der Waals surface area contributed by atoms with Gasteiger partial charge in [0.05, 0.1) is 12.7 Å². The van der Waals surface area contributed by atoms with Crippen LogP contribution in [0, 0.1) is 11.6 Å². The minimum absolute atomic E-state index is 0.0961. The second-order valence-electron chi connectivity index (χ2n) is 6.30. The van der Waals surface area contributed by atoms with Crippen LogP contribution in [0.5, 0.6) is 0 Å². The van der Waals surface area contributed by atoms with E-state index in [9.17, 15) is 23.2 Å². The minimum Gasteiger partial charge on any atom is -0.496 e. The maximum Gasteiger partial charge on any atom is 0.377 e. The smallest absolute Gasteiger partial charge is 0.377 e. The van der Waals surface area contributed by atoms with Crippen molar-refractivity contribution < 1.29 is 28.2 Å². The Morgan fingerprint density at radius 3 is 2.41 bits per heavy atom. The zero-order chi connectivity index (χ0) is 24.0. The molecule has 0 atom stereocenters. The first-order valence-electron chi connectivity index (χ1n) is 9.33. The highest BCUT2D eigenvalue weighted by Crippen LogP contribution is 2.17. The molecule has 1 aromatic heterocycles. The molecule has 0 aliphatic rings. The predicted octanol–water partition coefficient (Wildman–Crippen LogP) is 2.46. The number of carbonyl (C=O) groups is 2. The molecule has 0 aliphatic heterocycles. The number of carboxylic acids is 1. The van der Waals surface area contributed by atoms with Crippen LogP contribution in [-0.4, -0.2) is 55.5 Å². The molecule has 1 aromatic carbocycles. The van der Waals surface area contributed by atoms with E-state index >= 15 is 0 Å². The van der Waals surface area contributed by atoms with Crippen molar-refractivity contribution >= 4 is 12.0 Å².